The molecule has 0 radical (unpaired) electrons. The van der Waals surface area contributed by atoms with Crippen LogP contribution < -0.4 is 5.32 Å². The second-order valence-corrected chi connectivity index (χ2v) is 5.69. The van der Waals surface area contributed by atoms with Gasteiger partial charge in [0.05, 0.1) is 13.5 Å². The number of nitrogens with zero attached hydrogens (tertiary/aromatic N) is 1. The molecule has 0 saturated carbocycles. The number of methoxy groups -OCH3 is 1. The van der Waals surface area contributed by atoms with Crippen LogP contribution in [0.1, 0.15) is 33.1 Å². The van der Waals surface area contributed by atoms with E-state index in [1.165, 1.54) is 20.0 Å². The molecule has 0 aromatic rings. The van der Waals surface area contributed by atoms with Crippen molar-refractivity contribution in [1.29, 1.82) is 0 Å². The van der Waals surface area contributed by atoms with Crippen LogP contribution in [-0.4, -0.2) is 50.7 Å². The van der Waals surface area contributed by atoms with Gasteiger partial charge < -0.3 is 15.0 Å². The lowest BCUT2D eigenvalue weighted by Crippen LogP contribution is -2.41. The summed E-state index contributed by atoms with van der Waals surface area (Å²) in [5.41, 5.74) is 0. The van der Waals surface area contributed by atoms with Crippen molar-refractivity contribution in [2.45, 2.75) is 33.1 Å². The molecule has 0 aromatic heterocycles. The van der Waals surface area contributed by atoms with Crippen molar-refractivity contribution in [1.82, 2.24) is 10.2 Å². The Morgan fingerprint density at radius 1 is 1.50 bits per heavy atom. The molecule has 18 heavy (non-hydrogen) atoms. The predicted molar refractivity (Wildman–Crippen MR) is 73.5 cm³/mol. The molecular weight excluding hydrogens is 228 g/mol. The minimum Gasteiger partial charge on any atom is -0.469 e. The Morgan fingerprint density at radius 3 is 2.94 bits per heavy atom. The lowest BCUT2D eigenvalue weighted by molar-refractivity contribution is -0.141. The van der Waals surface area contributed by atoms with E-state index in [9.17, 15) is 4.79 Å². The number of hydrogen-bond donors (Lipinski definition) is 1. The summed E-state index contributed by atoms with van der Waals surface area (Å²) in [4.78, 5) is 13.5. The van der Waals surface area contributed by atoms with Crippen LogP contribution in [0.15, 0.2) is 0 Å². The highest BCUT2D eigenvalue weighted by Crippen LogP contribution is 2.16. The number of esters is 1. The van der Waals surface area contributed by atoms with E-state index in [1.54, 1.807) is 0 Å². The third kappa shape index (κ3) is 6.36. The molecule has 4 heteroatoms. The zero-order valence-corrected chi connectivity index (χ0v) is 12.1. The number of rotatable bonds is 7. The van der Waals surface area contributed by atoms with Crippen molar-refractivity contribution in [2.75, 3.05) is 39.8 Å². The summed E-state index contributed by atoms with van der Waals surface area (Å²) in [6, 6.07) is 0. The van der Waals surface area contributed by atoms with Crippen molar-refractivity contribution in [3.8, 4) is 0 Å². The Hall–Kier alpha value is -0.610. The minimum absolute atomic E-state index is 0.102. The van der Waals surface area contributed by atoms with Crippen LogP contribution >= 0.6 is 0 Å². The van der Waals surface area contributed by atoms with E-state index in [0.29, 0.717) is 12.3 Å². The van der Waals surface area contributed by atoms with E-state index in [0.717, 1.165) is 38.6 Å². The van der Waals surface area contributed by atoms with Crippen LogP contribution in [0.25, 0.3) is 0 Å². The summed E-state index contributed by atoms with van der Waals surface area (Å²) < 4.78 is 4.68. The van der Waals surface area contributed by atoms with Crippen molar-refractivity contribution in [2.24, 2.45) is 11.8 Å². The Morgan fingerprint density at radius 2 is 2.28 bits per heavy atom. The highest BCUT2D eigenvalue weighted by atomic mass is 16.5. The zero-order valence-electron chi connectivity index (χ0n) is 12.1. The fourth-order valence-corrected chi connectivity index (χ4v) is 2.45. The molecule has 1 rings (SSSR count). The van der Waals surface area contributed by atoms with E-state index in [1.807, 2.05) is 0 Å². The van der Waals surface area contributed by atoms with E-state index >= 15 is 0 Å². The van der Waals surface area contributed by atoms with Gasteiger partial charge in [0, 0.05) is 13.1 Å². The van der Waals surface area contributed by atoms with E-state index in [2.05, 4.69) is 28.8 Å². The van der Waals surface area contributed by atoms with Gasteiger partial charge >= 0.3 is 5.97 Å². The summed E-state index contributed by atoms with van der Waals surface area (Å²) in [5.74, 6) is 1.34. The number of likely N-dealkylation sites (tertiary alicyclic amines) is 1. The van der Waals surface area contributed by atoms with E-state index in [-0.39, 0.29) is 5.97 Å². The van der Waals surface area contributed by atoms with Crippen molar-refractivity contribution < 1.29 is 9.53 Å². The highest BCUT2D eigenvalue weighted by Gasteiger charge is 2.20. The average molecular weight is 256 g/mol. The first-order valence-electron chi connectivity index (χ1n) is 7.11. The molecule has 1 aliphatic heterocycles. The number of carbonyl (C=O) groups excluding carboxylic acids is 1. The standard InChI is InChI=1S/C14H28N2O2/c1-12(2)9-15-10-13-5-4-7-16(11-13)8-6-14(17)18-3/h12-13,15H,4-11H2,1-3H3. The van der Waals surface area contributed by atoms with Gasteiger partial charge in [0.2, 0.25) is 0 Å². The lowest BCUT2D eigenvalue weighted by atomic mass is 9.97. The van der Waals surface area contributed by atoms with Crippen LogP contribution in [0, 0.1) is 11.8 Å². The number of nitrogens with one attached hydrogen (secondary N) is 1. The van der Waals surface area contributed by atoms with Crippen LogP contribution in [0.3, 0.4) is 0 Å². The SMILES string of the molecule is COC(=O)CCN1CCCC(CNCC(C)C)C1. The maximum atomic E-state index is 11.1. The number of ether oxygens (including phenoxy) is 1. The molecular formula is C14H28N2O2. The normalized spacial score (nSPS) is 21.2. The smallest absolute Gasteiger partial charge is 0.306 e. The van der Waals surface area contributed by atoms with Crippen LogP contribution in [-0.2, 0) is 9.53 Å². The van der Waals surface area contributed by atoms with Crippen molar-refractivity contribution >= 4 is 5.97 Å². The first kappa shape index (κ1) is 15.4. The largest absolute Gasteiger partial charge is 0.469 e. The first-order chi connectivity index (χ1) is 8.61. The molecule has 1 atom stereocenters. The minimum atomic E-state index is -0.102. The van der Waals surface area contributed by atoms with Gasteiger partial charge in [-0.15, -0.1) is 0 Å². The summed E-state index contributed by atoms with van der Waals surface area (Å²) in [5, 5.41) is 3.53. The van der Waals surface area contributed by atoms with Gasteiger partial charge in [-0.2, -0.15) is 0 Å². The molecule has 1 unspecified atom stereocenters. The fraction of sp³-hybridized carbons (Fsp3) is 0.929. The van der Waals surface area contributed by atoms with Crippen LogP contribution in [0.4, 0.5) is 0 Å². The molecule has 1 aliphatic rings. The monoisotopic (exact) mass is 256 g/mol. The average Bonchev–Trinajstić information content (AvgIpc) is 2.36. The molecule has 0 amide bonds. The van der Waals surface area contributed by atoms with Gasteiger partial charge in [-0.05, 0) is 44.3 Å². The molecule has 0 aliphatic carbocycles. The second-order valence-electron chi connectivity index (χ2n) is 5.69. The first-order valence-corrected chi connectivity index (χ1v) is 7.11. The number of piperidine rings is 1. The molecule has 1 heterocycles. The van der Waals surface area contributed by atoms with Gasteiger partial charge in [-0.1, -0.05) is 13.8 Å². The topological polar surface area (TPSA) is 41.6 Å². The molecule has 0 bridgehead atoms. The molecule has 1 fully saturated rings. The second kappa shape index (κ2) is 8.48. The quantitative estimate of drug-likeness (QED) is 0.701. The van der Waals surface area contributed by atoms with Gasteiger partial charge in [-0.25, -0.2) is 0 Å². The van der Waals surface area contributed by atoms with Gasteiger partial charge in [-0.3, -0.25) is 4.79 Å². The number of hydrogen-bond acceptors (Lipinski definition) is 4. The Kier molecular flexibility index (Phi) is 7.28. The lowest BCUT2D eigenvalue weighted by Gasteiger charge is -2.32. The maximum Gasteiger partial charge on any atom is 0.306 e. The molecule has 106 valence electrons. The van der Waals surface area contributed by atoms with Gasteiger partial charge in [0.15, 0.2) is 0 Å². The molecule has 0 spiro atoms. The van der Waals surface area contributed by atoms with Crippen LogP contribution in [0.2, 0.25) is 0 Å². The van der Waals surface area contributed by atoms with Crippen molar-refractivity contribution in [3.63, 3.8) is 0 Å². The predicted octanol–water partition coefficient (Wildman–Crippen LogP) is 1.51. The van der Waals surface area contributed by atoms with Crippen LogP contribution in [0.5, 0.6) is 0 Å². The molecule has 4 nitrogen and oxygen atoms in total. The Labute approximate surface area is 111 Å². The third-order valence-electron chi connectivity index (χ3n) is 3.45. The molecule has 1 saturated heterocycles. The number of carbonyl (C=O) groups is 1. The van der Waals surface area contributed by atoms with Crippen molar-refractivity contribution in [3.05, 3.63) is 0 Å². The molecule has 1 N–H and O–H groups in total. The zero-order chi connectivity index (χ0) is 13.4. The summed E-state index contributed by atoms with van der Waals surface area (Å²) in [6.07, 6.45) is 3.07. The van der Waals surface area contributed by atoms with E-state index in [4.69, 9.17) is 0 Å². The Bertz CT molecular complexity index is 244. The summed E-state index contributed by atoms with van der Waals surface area (Å²) >= 11 is 0. The maximum absolute atomic E-state index is 11.1. The molecule has 0 aromatic carbocycles. The Balaban J connectivity index is 2.17. The highest BCUT2D eigenvalue weighted by molar-refractivity contribution is 5.69. The van der Waals surface area contributed by atoms with Gasteiger partial charge in [0.25, 0.3) is 0 Å². The summed E-state index contributed by atoms with van der Waals surface area (Å²) in [7, 11) is 1.46. The van der Waals surface area contributed by atoms with E-state index < -0.39 is 0 Å². The third-order valence-corrected chi connectivity index (χ3v) is 3.45. The summed E-state index contributed by atoms with van der Waals surface area (Å²) in [6.45, 7) is 9.74. The van der Waals surface area contributed by atoms with Gasteiger partial charge in [0.1, 0.15) is 0 Å². The fourth-order valence-electron chi connectivity index (χ4n) is 2.45.